The van der Waals surface area contributed by atoms with Crippen molar-refractivity contribution in [2.45, 2.75) is 6.61 Å². The van der Waals surface area contributed by atoms with Gasteiger partial charge in [0.25, 0.3) is 0 Å². The van der Waals surface area contributed by atoms with Crippen molar-refractivity contribution in [3.05, 3.63) is 84.4 Å². The zero-order valence-electron chi connectivity index (χ0n) is 14.4. The predicted octanol–water partition coefficient (Wildman–Crippen LogP) is 3.95. The molecular weight excluding hydrogens is 359 g/mol. The molecule has 0 bridgehead atoms. The summed E-state index contributed by atoms with van der Waals surface area (Å²) in [6, 6.07) is 24.9. The van der Waals surface area contributed by atoms with Gasteiger partial charge in [0.05, 0.1) is 4.78 Å². The third kappa shape index (κ3) is 3.98. The zero-order valence-corrected chi connectivity index (χ0v) is 15.2. The highest BCUT2D eigenvalue weighted by molar-refractivity contribution is 7.28. The fourth-order valence-corrected chi connectivity index (χ4v) is 3.78. The molecule has 3 aromatic carbocycles. The first-order valence-electron chi connectivity index (χ1n) is 8.53. The Labute approximate surface area is 161 Å². The fourth-order valence-electron chi connectivity index (χ4n) is 2.78. The Morgan fingerprint density at radius 1 is 0.778 bits per heavy atom. The number of hydrogen-bond donors (Lipinski definition) is 2. The molecule has 4 aromatic rings. The van der Waals surface area contributed by atoms with Gasteiger partial charge in [-0.15, -0.1) is 11.3 Å². The molecule has 0 aliphatic rings. The van der Waals surface area contributed by atoms with Crippen molar-refractivity contribution < 1.29 is 19.5 Å². The van der Waals surface area contributed by atoms with Crippen LogP contribution >= 0.6 is 11.3 Å². The molecule has 0 aliphatic heterocycles. The van der Waals surface area contributed by atoms with Gasteiger partial charge in [-0.2, -0.15) is 0 Å². The number of fused-ring (bicyclic) bond motifs is 1. The van der Waals surface area contributed by atoms with Crippen LogP contribution in [0.4, 0.5) is 0 Å². The molecule has 0 atom stereocenters. The van der Waals surface area contributed by atoms with Crippen molar-refractivity contribution in [2.75, 3.05) is 0 Å². The number of rotatable bonds is 6. The van der Waals surface area contributed by atoms with Gasteiger partial charge in [0.2, 0.25) is 0 Å². The summed E-state index contributed by atoms with van der Waals surface area (Å²) < 4.78 is 13.1. The van der Waals surface area contributed by atoms with Crippen molar-refractivity contribution in [3.8, 4) is 17.2 Å². The summed E-state index contributed by atoms with van der Waals surface area (Å²) in [4.78, 5) is 0. The van der Waals surface area contributed by atoms with E-state index in [1.165, 1.54) is 11.3 Å². The molecule has 134 valence electrons. The Hall–Kier alpha value is -2.80. The van der Waals surface area contributed by atoms with Crippen LogP contribution in [0.5, 0.6) is 17.2 Å². The highest BCUT2D eigenvalue weighted by Crippen LogP contribution is 2.34. The molecule has 27 heavy (non-hydrogen) atoms. The molecule has 6 heteroatoms. The summed E-state index contributed by atoms with van der Waals surface area (Å²) in [5.41, 5.74) is 1.10. The minimum absolute atomic E-state index is 0.389. The van der Waals surface area contributed by atoms with Crippen LogP contribution in [0.25, 0.3) is 10.1 Å². The molecule has 4 nitrogen and oxygen atoms in total. The third-order valence-electron chi connectivity index (χ3n) is 4.10. The Bertz CT molecular complexity index is 1030. The van der Waals surface area contributed by atoms with Crippen molar-refractivity contribution >= 4 is 33.3 Å². The van der Waals surface area contributed by atoms with Gasteiger partial charge >= 0.3 is 7.12 Å². The Balaban J connectivity index is 1.52. The van der Waals surface area contributed by atoms with Crippen LogP contribution < -0.4 is 14.3 Å². The summed E-state index contributed by atoms with van der Waals surface area (Å²) in [5, 5.41) is 20.2. The molecule has 2 N–H and O–H groups in total. The number of thiophene rings is 1. The lowest BCUT2D eigenvalue weighted by atomic mass is 9.88. The van der Waals surface area contributed by atoms with E-state index >= 15 is 0 Å². The van der Waals surface area contributed by atoms with E-state index in [0.29, 0.717) is 22.9 Å². The first-order valence-corrected chi connectivity index (χ1v) is 9.34. The van der Waals surface area contributed by atoms with Crippen LogP contribution in [-0.2, 0) is 6.61 Å². The van der Waals surface area contributed by atoms with Gasteiger partial charge < -0.3 is 19.5 Å². The van der Waals surface area contributed by atoms with Gasteiger partial charge in [-0.05, 0) is 42.0 Å². The Morgan fingerprint density at radius 3 is 2.19 bits per heavy atom. The molecule has 0 amide bonds. The summed E-state index contributed by atoms with van der Waals surface area (Å²) in [5.74, 6) is 1.82. The zero-order chi connectivity index (χ0) is 18.6. The molecule has 0 saturated carbocycles. The molecule has 0 spiro atoms. The van der Waals surface area contributed by atoms with Gasteiger partial charge in [-0.3, -0.25) is 0 Å². The van der Waals surface area contributed by atoms with E-state index in [1.54, 1.807) is 12.1 Å². The van der Waals surface area contributed by atoms with Gasteiger partial charge in [-0.25, -0.2) is 0 Å². The first kappa shape index (κ1) is 17.6. The maximum absolute atomic E-state index is 9.67. The number of ether oxygens (including phenoxy) is 2. The number of hydrogen-bond acceptors (Lipinski definition) is 5. The number of benzene rings is 3. The van der Waals surface area contributed by atoms with Crippen LogP contribution in [0.1, 0.15) is 5.56 Å². The van der Waals surface area contributed by atoms with Crippen molar-refractivity contribution in [1.82, 2.24) is 0 Å². The van der Waals surface area contributed by atoms with Gasteiger partial charge in [0, 0.05) is 10.1 Å². The average Bonchev–Trinajstić information content (AvgIpc) is 3.07. The van der Waals surface area contributed by atoms with E-state index in [1.807, 2.05) is 66.7 Å². The average molecular weight is 376 g/mol. The molecular formula is C21H17BO4S. The van der Waals surface area contributed by atoms with E-state index in [4.69, 9.17) is 9.47 Å². The van der Waals surface area contributed by atoms with Gasteiger partial charge in [-0.1, -0.05) is 42.5 Å². The van der Waals surface area contributed by atoms with Crippen molar-refractivity contribution in [1.29, 1.82) is 0 Å². The topological polar surface area (TPSA) is 58.9 Å². The largest absolute Gasteiger partial charge is 0.503 e. The lowest BCUT2D eigenvalue weighted by Crippen LogP contribution is -2.27. The molecule has 0 saturated heterocycles. The second-order valence-electron chi connectivity index (χ2n) is 6.01. The maximum atomic E-state index is 9.67. The molecule has 0 fully saturated rings. The summed E-state index contributed by atoms with van der Waals surface area (Å²) >= 11 is 1.31. The second-order valence-corrected chi connectivity index (χ2v) is 7.10. The van der Waals surface area contributed by atoms with E-state index in [9.17, 15) is 10.0 Å². The van der Waals surface area contributed by atoms with E-state index in [-0.39, 0.29) is 0 Å². The van der Waals surface area contributed by atoms with Crippen molar-refractivity contribution in [2.24, 2.45) is 0 Å². The van der Waals surface area contributed by atoms with E-state index in [2.05, 4.69) is 0 Å². The highest BCUT2D eigenvalue weighted by Gasteiger charge is 2.23. The summed E-state index contributed by atoms with van der Waals surface area (Å²) in [6.07, 6.45) is 0. The molecule has 0 radical (unpaired) electrons. The SMILES string of the molecule is OB(O)c1sc2ccccc2c1Oc1ccc(OCc2ccccc2)cc1. The molecule has 0 unspecified atom stereocenters. The monoisotopic (exact) mass is 376 g/mol. The predicted molar refractivity (Wildman–Crippen MR) is 109 cm³/mol. The fraction of sp³-hybridized carbons (Fsp3) is 0.0476. The second kappa shape index (κ2) is 7.84. The molecule has 1 heterocycles. The van der Waals surface area contributed by atoms with Gasteiger partial charge in [0.1, 0.15) is 23.9 Å². The third-order valence-corrected chi connectivity index (χ3v) is 5.29. The van der Waals surface area contributed by atoms with Gasteiger partial charge in [0.15, 0.2) is 0 Å². The summed E-state index contributed by atoms with van der Waals surface area (Å²) in [7, 11) is -1.58. The van der Waals surface area contributed by atoms with Crippen LogP contribution in [0.15, 0.2) is 78.9 Å². The van der Waals surface area contributed by atoms with Crippen LogP contribution in [0.2, 0.25) is 0 Å². The van der Waals surface area contributed by atoms with Crippen LogP contribution in [0, 0.1) is 0 Å². The molecule has 4 rings (SSSR count). The smallest absolute Gasteiger partial charge is 0.489 e. The minimum Gasteiger partial charge on any atom is -0.489 e. The van der Waals surface area contributed by atoms with Crippen LogP contribution in [0.3, 0.4) is 0 Å². The molecule has 0 aliphatic carbocycles. The Morgan fingerprint density at radius 2 is 1.44 bits per heavy atom. The molecule has 1 aromatic heterocycles. The van der Waals surface area contributed by atoms with Crippen molar-refractivity contribution in [3.63, 3.8) is 0 Å². The van der Waals surface area contributed by atoms with E-state index < -0.39 is 7.12 Å². The minimum atomic E-state index is -1.58. The highest BCUT2D eigenvalue weighted by atomic mass is 32.1. The standard InChI is InChI=1S/C21H17BO4S/c23-22(24)21-20(18-8-4-5-9-19(18)27-21)26-17-12-10-16(11-13-17)25-14-15-6-2-1-3-7-15/h1-13,23-24H,14H2. The lowest BCUT2D eigenvalue weighted by molar-refractivity contribution is 0.306. The Kier molecular flexibility index (Phi) is 5.11. The lowest BCUT2D eigenvalue weighted by Gasteiger charge is -2.10. The summed E-state index contributed by atoms with van der Waals surface area (Å²) in [6.45, 7) is 0.497. The first-order chi connectivity index (χ1) is 13.2. The normalized spacial score (nSPS) is 10.7. The quantitative estimate of drug-likeness (QED) is 0.501. The van der Waals surface area contributed by atoms with Crippen LogP contribution in [-0.4, -0.2) is 17.2 Å². The maximum Gasteiger partial charge on any atom is 0.503 e. The van der Waals surface area contributed by atoms with E-state index in [0.717, 1.165) is 21.4 Å².